The molecule has 0 saturated heterocycles. The van der Waals surface area contributed by atoms with Crippen molar-refractivity contribution in [1.29, 1.82) is 0 Å². The maximum absolute atomic E-state index is 9.06. The van der Waals surface area contributed by atoms with Crippen LogP contribution in [0.25, 0.3) is 11.3 Å². The van der Waals surface area contributed by atoms with Gasteiger partial charge in [0.2, 0.25) is 0 Å². The third-order valence-electron chi connectivity index (χ3n) is 3.75. The Morgan fingerprint density at radius 1 is 1.40 bits per heavy atom. The summed E-state index contributed by atoms with van der Waals surface area (Å²) in [4.78, 5) is 0. The van der Waals surface area contributed by atoms with Crippen LogP contribution in [-0.4, -0.2) is 28.0 Å². The SMILES string of the molecule is Cc1ccc(-c2nn3c(c2Br)NCC(CCO)C3)cc1. The minimum absolute atomic E-state index is 0.231. The van der Waals surface area contributed by atoms with E-state index in [1.165, 1.54) is 5.56 Å². The third kappa shape index (κ3) is 2.47. The first kappa shape index (κ1) is 13.6. The lowest BCUT2D eigenvalue weighted by molar-refractivity contribution is 0.244. The second kappa shape index (κ2) is 5.58. The van der Waals surface area contributed by atoms with E-state index in [9.17, 15) is 0 Å². The molecular weight excluding hydrogens is 318 g/mol. The number of hydrogen-bond acceptors (Lipinski definition) is 3. The van der Waals surface area contributed by atoms with Crippen LogP contribution in [-0.2, 0) is 6.54 Å². The summed E-state index contributed by atoms with van der Waals surface area (Å²) >= 11 is 3.66. The summed E-state index contributed by atoms with van der Waals surface area (Å²) in [6, 6.07) is 8.39. The number of aromatic nitrogens is 2. The van der Waals surface area contributed by atoms with Crippen molar-refractivity contribution in [2.45, 2.75) is 19.9 Å². The highest BCUT2D eigenvalue weighted by molar-refractivity contribution is 9.10. The fourth-order valence-corrected chi connectivity index (χ4v) is 3.22. The van der Waals surface area contributed by atoms with Crippen molar-refractivity contribution in [3.05, 3.63) is 34.3 Å². The van der Waals surface area contributed by atoms with Crippen LogP contribution >= 0.6 is 15.9 Å². The van der Waals surface area contributed by atoms with Gasteiger partial charge in [0.1, 0.15) is 11.5 Å². The molecule has 2 N–H and O–H groups in total. The quantitative estimate of drug-likeness (QED) is 0.906. The molecule has 0 fully saturated rings. The summed E-state index contributed by atoms with van der Waals surface area (Å²) in [5.74, 6) is 1.47. The van der Waals surface area contributed by atoms with Gasteiger partial charge in [-0.2, -0.15) is 5.10 Å². The number of aliphatic hydroxyl groups excluding tert-OH is 1. The molecule has 1 aliphatic rings. The number of nitrogens with one attached hydrogen (secondary N) is 1. The zero-order valence-electron chi connectivity index (χ0n) is 11.4. The summed E-state index contributed by atoms with van der Waals surface area (Å²) < 4.78 is 3.02. The number of aliphatic hydroxyl groups is 1. The fourth-order valence-electron chi connectivity index (χ4n) is 2.56. The standard InChI is InChI=1S/C15H18BrN3O/c1-10-2-4-12(5-3-10)14-13(16)15-17-8-11(6-7-20)9-19(15)18-14/h2-5,11,17,20H,6-9H2,1H3. The smallest absolute Gasteiger partial charge is 0.139 e. The van der Waals surface area contributed by atoms with E-state index in [1.54, 1.807) is 0 Å². The summed E-state index contributed by atoms with van der Waals surface area (Å²) in [5.41, 5.74) is 3.33. The molecule has 2 heterocycles. The number of aryl methyl sites for hydroxylation is 1. The normalized spacial score (nSPS) is 17.6. The van der Waals surface area contributed by atoms with E-state index in [1.807, 2.05) is 4.68 Å². The highest BCUT2D eigenvalue weighted by atomic mass is 79.9. The van der Waals surface area contributed by atoms with Gasteiger partial charge in [-0.15, -0.1) is 0 Å². The van der Waals surface area contributed by atoms with Gasteiger partial charge in [-0.1, -0.05) is 29.8 Å². The van der Waals surface area contributed by atoms with Gasteiger partial charge in [0.15, 0.2) is 0 Å². The summed E-state index contributed by atoms with van der Waals surface area (Å²) in [7, 11) is 0. The molecule has 3 rings (SSSR count). The molecule has 0 aliphatic carbocycles. The van der Waals surface area contributed by atoms with Gasteiger partial charge < -0.3 is 10.4 Å². The average molecular weight is 336 g/mol. The average Bonchev–Trinajstić information content (AvgIpc) is 2.77. The first-order valence-electron chi connectivity index (χ1n) is 6.87. The fraction of sp³-hybridized carbons (Fsp3) is 0.400. The van der Waals surface area contributed by atoms with E-state index >= 15 is 0 Å². The lowest BCUT2D eigenvalue weighted by Gasteiger charge is -2.24. The molecule has 4 nitrogen and oxygen atoms in total. The molecule has 0 spiro atoms. The van der Waals surface area contributed by atoms with Gasteiger partial charge in [-0.25, -0.2) is 4.68 Å². The monoisotopic (exact) mass is 335 g/mol. The minimum atomic E-state index is 0.231. The van der Waals surface area contributed by atoms with Gasteiger partial charge >= 0.3 is 0 Å². The van der Waals surface area contributed by atoms with Gasteiger partial charge in [0, 0.05) is 25.3 Å². The molecular formula is C15H18BrN3O. The molecule has 1 aliphatic heterocycles. The molecule has 20 heavy (non-hydrogen) atoms. The van der Waals surface area contributed by atoms with Crippen LogP contribution in [0.3, 0.4) is 0 Å². The number of halogens is 1. The Morgan fingerprint density at radius 2 is 2.15 bits per heavy atom. The van der Waals surface area contributed by atoms with Crippen molar-refractivity contribution in [2.75, 3.05) is 18.5 Å². The summed E-state index contributed by atoms with van der Waals surface area (Å²) in [6.07, 6.45) is 0.809. The van der Waals surface area contributed by atoms with Gasteiger partial charge in [0.05, 0.1) is 4.47 Å². The third-order valence-corrected chi connectivity index (χ3v) is 4.50. The van der Waals surface area contributed by atoms with Gasteiger partial charge in [0.25, 0.3) is 0 Å². The molecule has 0 bridgehead atoms. The highest BCUT2D eigenvalue weighted by Gasteiger charge is 2.24. The van der Waals surface area contributed by atoms with Crippen molar-refractivity contribution in [3.63, 3.8) is 0 Å². The number of nitrogens with zero attached hydrogens (tertiary/aromatic N) is 2. The first-order chi connectivity index (χ1) is 9.69. The second-order valence-corrected chi connectivity index (χ2v) is 6.11. The molecule has 1 aromatic carbocycles. The molecule has 5 heteroatoms. The molecule has 1 aromatic heterocycles. The summed E-state index contributed by atoms with van der Waals surface area (Å²) in [6.45, 7) is 4.05. The Labute approximate surface area is 126 Å². The van der Waals surface area contributed by atoms with Crippen molar-refractivity contribution in [3.8, 4) is 11.3 Å². The van der Waals surface area contributed by atoms with E-state index in [-0.39, 0.29) is 6.61 Å². The maximum Gasteiger partial charge on any atom is 0.139 e. The van der Waals surface area contributed by atoms with E-state index in [4.69, 9.17) is 10.2 Å². The van der Waals surface area contributed by atoms with Crippen LogP contribution in [0.2, 0.25) is 0 Å². The van der Waals surface area contributed by atoms with Crippen molar-refractivity contribution in [1.82, 2.24) is 9.78 Å². The molecule has 1 unspecified atom stereocenters. The van der Waals surface area contributed by atoms with E-state index in [0.717, 1.165) is 41.1 Å². The number of hydrogen-bond donors (Lipinski definition) is 2. The van der Waals surface area contributed by atoms with Gasteiger partial charge in [-0.05, 0) is 35.2 Å². The first-order valence-corrected chi connectivity index (χ1v) is 7.66. The zero-order valence-corrected chi connectivity index (χ0v) is 13.0. The molecule has 0 saturated carbocycles. The zero-order chi connectivity index (χ0) is 14.1. The molecule has 2 aromatic rings. The van der Waals surface area contributed by atoms with Crippen molar-refractivity contribution < 1.29 is 5.11 Å². The number of anilines is 1. The minimum Gasteiger partial charge on any atom is -0.396 e. The van der Waals surface area contributed by atoms with E-state index in [2.05, 4.69) is 52.4 Å². The second-order valence-electron chi connectivity index (χ2n) is 5.32. The summed E-state index contributed by atoms with van der Waals surface area (Å²) in [5, 5.41) is 17.2. The lowest BCUT2D eigenvalue weighted by Crippen LogP contribution is -2.28. The van der Waals surface area contributed by atoms with Crippen LogP contribution in [0.15, 0.2) is 28.7 Å². The Kier molecular flexibility index (Phi) is 3.81. The maximum atomic E-state index is 9.06. The number of benzene rings is 1. The number of fused-ring (bicyclic) bond motifs is 1. The van der Waals surface area contributed by atoms with Crippen LogP contribution < -0.4 is 5.32 Å². The lowest BCUT2D eigenvalue weighted by atomic mass is 10.1. The topological polar surface area (TPSA) is 50.1 Å². The molecule has 106 valence electrons. The predicted octanol–water partition coefficient (Wildman–Crippen LogP) is 3.05. The molecule has 0 amide bonds. The van der Waals surface area contributed by atoms with Crippen LogP contribution in [0.4, 0.5) is 5.82 Å². The predicted molar refractivity (Wildman–Crippen MR) is 83.8 cm³/mol. The van der Waals surface area contributed by atoms with Gasteiger partial charge in [-0.3, -0.25) is 0 Å². The van der Waals surface area contributed by atoms with E-state index in [0.29, 0.717) is 5.92 Å². The Hall–Kier alpha value is -1.33. The van der Waals surface area contributed by atoms with Crippen LogP contribution in [0, 0.1) is 12.8 Å². The molecule has 0 radical (unpaired) electrons. The Bertz CT molecular complexity index is 606. The van der Waals surface area contributed by atoms with E-state index < -0.39 is 0 Å². The molecule has 1 atom stereocenters. The van der Waals surface area contributed by atoms with Crippen LogP contribution in [0.1, 0.15) is 12.0 Å². The Balaban J connectivity index is 1.93. The largest absolute Gasteiger partial charge is 0.396 e. The van der Waals surface area contributed by atoms with Crippen molar-refractivity contribution >= 4 is 21.7 Å². The number of rotatable bonds is 3. The van der Waals surface area contributed by atoms with Crippen molar-refractivity contribution in [2.24, 2.45) is 5.92 Å². The van der Waals surface area contributed by atoms with Crippen LogP contribution in [0.5, 0.6) is 0 Å². The highest BCUT2D eigenvalue weighted by Crippen LogP contribution is 2.36. The Morgan fingerprint density at radius 3 is 2.85 bits per heavy atom.